The van der Waals surface area contributed by atoms with E-state index in [1.807, 2.05) is 0 Å². The van der Waals surface area contributed by atoms with Crippen molar-refractivity contribution in [2.45, 2.75) is 65.0 Å². The summed E-state index contributed by atoms with van der Waals surface area (Å²) in [6, 6.07) is 0.422. The van der Waals surface area contributed by atoms with Gasteiger partial charge in [-0.05, 0) is 58.5 Å². The van der Waals surface area contributed by atoms with Gasteiger partial charge in [-0.2, -0.15) is 0 Å². The average molecular weight is 452 g/mol. The molecule has 0 bridgehead atoms. The number of hydrogen-bond donors (Lipinski definition) is 2. The van der Waals surface area contributed by atoms with Gasteiger partial charge < -0.3 is 15.4 Å². The van der Waals surface area contributed by atoms with Crippen molar-refractivity contribution in [3.05, 3.63) is 0 Å². The highest BCUT2D eigenvalue weighted by Gasteiger charge is 2.39. The Bertz CT molecular complexity index is 377. The predicted octanol–water partition coefficient (Wildman–Crippen LogP) is 2.85. The van der Waals surface area contributed by atoms with Crippen molar-refractivity contribution in [2.75, 3.05) is 39.4 Å². The average Bonchev–Trinajstić information content (AvgIpc) is 3.08. The summed E-state index contributed by atoms with van der Waals surface area (Å²) in [5.41, 5.74) is 0.207. The largest absolute Gasteiger partial charge is 0.381 e. The maximum Gasteiger partial charge on any atom is 0.191 e. The van der Waals surface area contributed by atoms with E-state index in [-0.39, 0.29) is 29.5 Å². The lowest BCUT2D eigenvalue weighted by Gasteiger charge is -2.43. The number of rotatable bonds is 6. The number of hydrogen-bond acceptors (Lipinski definition) is 3. The Morgan fingerprint density at radius 3 is 2.33 bits per heavy atom. The standard InChI is InChI=1S/C18H36N4O.HI/c1-5-19-17(21-16(4)15(2)3)20-14-18(8-12-23-13-9-18)22-10-6-7-11-22;/h15-16H,5-14H2,1-4H3,(H2,19,20,21);1H. The number of ether oxygens (including phenoxy) is 1. The molecule has 2 saturated heterocycles. The Hall–Kier alpha value is -0.0800. The van der Waals surface area contributed by atoms with Crippen LogP contribution in [-0.4, -0.2) is 61.8 Å². The summed E-state index contributed by atoms with van der Waals surface area (Å²) in [4.78, 5) is 7.65. The lowest BCUT2D eigenvalue weighted by molar-refractivity contribution is -0.0139. The third-order valence-corrected chi connectivity index (χ3v) is 5.44. The molecule has 2 N–H and O–H groups in total. The van der Waals surface area contributed by atoms with Crippen LogP contribution in [0.3, 0.4) is 0 Å². The van der Waals surface area contributed by atoms with E-state index in [1.54, 1.807) is 0 Å². The molecule has 0 spiro atoms. The SMILES string of the molecule is CCNC(=NCC1(N2CCCC2)CCOCC1)NC(C)C(C)C.I. The number of halogens is 1. The second kappa shape index (κ2) is 10.8. The van der Waals surface area contributed by atoms with Crippen LogP contribution in [0.2, 0.25) is 0 Å². The van der Waals surface area contributed by atoms with Crippen LogP contribution in [0, 0.1) is 5.92 Å². The molecule has 24 heavy (non-hydrogen) atoms. The van der Waals surface area contributed by atoms with Crippen molar-refractivity contribution in [3.8, 4) is 0 Å². The molecule has 2 aliphatic heterocycles. The van der Waals surface area contributed by atoms with E-state index in [2.05, 4.69) is 43.2 Å². The van der Waals surface area contributed by atoms with E-state index in [9.17, 15) is 0 Å². The second-order valence-electron chi connectivity index (χ2n) is 7.40. The molecule has 2 rings (SSSR count). The van der Waals surface area contributed by atoms with Crippen molar-refractivity contribution in [2.24, 2.45) is 10.9 Å². The molecule has 142 valence electrons. The summed E-state index contributed by atoms with van der Waals surface area (Å²) in [6.07, 6.45) is 4.87. The quantitative estimate of drug-likeness (QED) is 0.370. The fourth-order valence-corrected chi connectivity index (χ4v) is 3.45. The minimum absolute atomic E-state index is 0. The fraction of sp³-hybridized carbons (Fsp3) is 0.944. The van der Waals surface area contributed by atoms with E-state index in [1.165, 1.54) is 25.9 Å². The first-order valence-corrected chi connectivity index (χ1v) is 9.45. The first-order valence-electron chi connectivity index (χ1n) is 9.45. The minimum Gasteiger partial charge on any atom is -0.381 e. The maximum atomic E-state index is 5.63. The molecule has 5 nitrogen and oxygen atoms in total. The van der Waals surface area contributed by atoms with Crippen LogP contribution in [0.1, 0.15) is 53.4 Å². The van der Waals surface area contributed by atoms with E-state index in [0.29, 0.717) is 12.0 Å². The highest BCUT2D eigenvalue weighted by Crippen LogP contribution is 2.31. The molecule has 2 aliphatic rings. The normalized spacial score (nSPS) is 23.0. The molecule has 0 radical (unpaired) electrons. The lowest BCUT2D eigenvalue weighted by atomic mass is 9.88. The minimum atomic E-state index is 0. The van der Waals surface area contributed by atoms with Gasteiger partial charge in [-0.1, -0.05) is 13.8 Å². The Labute approximate surface area is 165 Å². The number of nitrogens with one attached hydrogen (secondary N) is 2. The smallest absolute Gasteiger partial charge is 0.191 e. The third-order valence-electron chi connectivity index (χ3n) is 5.44. The topological polar surface area (TPSA) is 48.9 Å². The number of guanidine groups is 1. The highest BCUT2D eigenvalue weighted by molar-refractivity contribution is 14.0. The maximum absolute atomic E-state index is 5.63. The predicted molar refractivity (Wildman–Crippen MR) is 112 cm³/mol. The van der Waals surface area contributed by atoms with Crippen LogP contribution in [0.5, 0.6) is 0 Å². The molecular weight excluding hydrogens is 415 g/mol. The summed E-state index contributed by atoms with van der Waals surface area (Å²) in [5.74, 6) is 1.55. The molecule has 2 fully saturated rings. The molecule has 0 aromatic carbocycles. The summed E-state index contributed by atoms with van der Waals surface area (Å²) >= 11 is 0. The number of nitrogens with zero attached hydrogens (tertiary/aromatic N) is 2. The van der Waals surface area contributed by atoms with Crippen LogP contribution in [0.4, 0.5) is 0 Å². The molecule has 0 aromatic rings. The molecule has 1 atom stereocenters. The first-order chi connectivity index (χ1) is 11.1. The van der Waals surface area contributed by atoms with Gasteiger partial charge in [0.1, 0.15) is 0 Å². The molecule has 0 aliphatic carbocycles. The number of aliphatic imine (C=N–C) groups is 1. The van der Waals surface area contributed by atoms with Gasteiger partial charge in [-0.3, -0.25) is 9.89 Å². The van der Waals surface area contributed by atoms with Crippen LogP contribution < -0.4 is 10.6 Å². The van der Waals surface area contributed by atoms with Gasteiger partial charge in [0.25, 0.3) is 0 Å². The lowest BCUT2D eigenvalue weighted by Crippen LogP contribution is -2.54. The molecule has 6 heteroatoms. The zero-order valence-corrected chi connectivity index (χ0v) is 18.3. The van der Waals surface area contributed by atoms with Crippen molar-refractivity contribution >= 4 is 29.9 Å². The van der Waals surface area contributed by atoms with Crippen molar-refractivity contribution in [3.63, 3.8) is 0 Å². The summed E-state index contributed by atoms with van der Waals surface area (Å²) in [5, 5.41) is 6.96. The zero-order valence-electron chi connectivity index (χ0n) is 15.9. The highest BCUT2D eigenvalue weighted by atomic mass is 127. The molecule has 0 aromatic heterocycles. The van der Waals surface area contributed by atoms with Crippen LogP contribution >= 0.6 is 24.0 Å². The molecule has 0 amide bonds. The Morgan fingerprint density at radius 2 is 1.79 bits per heavy atom. The van der Waals surface area contributed by atoms with Gasteiger partial charge in [0.05, 0.1) is 6.54 Å². The van der Waals surface area contributed by atoms with E-state index >= 15 is 0 Å². The van der Waals surface area contributed by atoms with Gasteiger partial charge in [-0.25, -0.2) is 0 Å². The summed E-state index contributed by atoms with van der Waals surface area (Å²) in [6.45, 7) is 14.8. The van der Waals surface area contributed by atoms with Gasteiger partial charge >= 0.3 is 0 Å². The molecule has 1 unspecified atom stereocenters. The summed E-state index contributed by atoms with van der Waals surface area (Å²) < 4.78 is 5.63. The zero-order chi connectivity index (χ0) is 16.7. The molecule has 0 saturated carbocycles. The second-order valence-corrected chi connectivity index (χ2v) is 7.40. The monoisotopic (exact) mass is 452 g/mol. The number of likely N-dealkylation sites (tertiary alicyclic amines) is 1. The van der Waals surface area contributed by atoms with E-state index < -0.39 is 0 Å². The van der Waals surface area contributed by atoms with Crippen LogP contribution in [0.25, 0.3) is 0 Å². The van der Waals surface area contributed by atoms with Crippen LogP contribution in [0.15, 0.2) is 4.99 Å². The van der Waals surface area contributed by atoms with Crippen molar-refractivity contribution < 1.29 is 4.74 Å². The molecule has 2 heterocycles. The van der Waals surface area contributed by atoms with E-state index in [4.69, 9.17) is 9.73 Å². The Kier molecular flexibility index (Phi) is 9.89. The van der Waals surface area contributed by atoms with E-state index in [0.717, 1.165) is 45.1 Å². The van der Waals surface area contributed by atoms with Gasteiger partial charge in [0.2, 0.25) is 0 Å². The van der Waals surface area contributed by atoms with Crippen molar-refractivity contribution in [1.29, 1.82) is 0 Å². The Morgan fingerprint density at radius 1 is 1.17 bits per heavy atom. The summed E-state index contributed by atoms with van der Waals surface area (Å²) in [7, 11) is 0. The third kappa shape index (κ3) is 6.02. The van der Waals surface area contributed by atoms with Crippen LogP contribution in [-0.2, 0) is 4.74 Å². The Balaban J connectivity index is 0.00000288. The first kappa shape index (κ1) is 22.0. The molecular formula is C18H37IN4O. The fourth-order valence-electron chi connectivity index (χ4n) is 3.45. The van der Waals surface area contributed by atoms with Gasteiger partial charge in [0, 0.05) is 31.3 Å². The van der Waals surface area contributed by atoms with Gasteiger partial charge in [0.15, 0.2) is 5.96 Å². The van der Waals surface area contributed by atoms with Gasteiger partial charge in [-0.15, -0.1) is 24.0 Å². The van der Waals surface area contributed by atoms with Crippen molar-refractivity contribution in [1.82, 2.24) is 15.5 Å².